The highest BCUT2D eigenvalue weighted by Crippen LogP contribution is 2.36. The van der Waals surface area contributed by atoms with Crippen molar-refractivity contribution in [3.05, 3.63) is 42.0 Å². The third-order valence-corrected chi connectivity index (χ3v) is 5.49. The van der Waals surface area contributed by atoms with Crippen LogP contribution in [-0.2, 0) is 14.8 Å². The predicted octanol–water partition coefficient (Wildman–Crippen LogP) is 2.18. The number of benzene rings is 2. The number of sulfonamides is 1. The zero-order valence-electron chi connectivity index (χ0n) is 16.1. The topological polar surface area (TPSA) is 94.2 Å². The quantitative estimate of drug-likeness (QED) is 0.818. The van der Waals surface area contributed by atoms with E-state index in [4.69, 9.17) is 14.2 Å². The summed E-state index contributed by atoms with van der Waals surface area (Å²) < 4.78 is 42.0. The molecule has 0 saturated carbocycles. The standard InChI is InChI=1S/C19H22N2O6S/c1-12-5-7-17-15(9-12)21(28(4,23)24)11-18(27-17)19(22)20-14-10-13(25-2)6-8-16(14)26-3/h5-10,18H,11H2,1-4H3,(H,20,22)/t18-/m1/s1. The van der Waals surface area contributed by atoms with E-state index in [2.05, 4.69) is 5.32 Å². The van der Waals surface area contributed by atoms with Crippen molar-refractivity contribution >= 4 is 27.3 Å². The second-order valence-electron chi connectivity index (χ2n) is 6.43. The molecule has 150 valence electrons. The molecule has 0 aliphatic carbocycles. The molecule has 8 nitrogen and oxygen atoms in total. The first-order valence-electron chi connectivity index (χ1n) is 8.51. The maximum absolute atomic E-state index is 12.8. The van der Waals surface area contributed by atoms with Gasteiger partial charge in [-0.3, -0.25) is 9.10 Å². The van der Waals surface area contributed by atoms with Crippen LogP contribution < -0.4 is 23.8 Å². The van der Waals surface area contributed by atoms with Crippen LogP contribution in [0.15, 0.2) is 36.4 Å². The van der Waals surface area contributed by atoms with E-state index in [1.54, 1.807) is 36.4 Å². The molecule has 1 heterocycles. The number of methoxy groups -OCH3 is 2. The molecule has 1 aliphatic heterocycles. The van der Waals surface area contributed by atoms with Gasteiger partial charge in [0.15, 0.2) is 6.10 Å². The lowest BCUT2D eigenvalue weighted by molar-refractivity contribution is -0.122. The largest absolute Gasteiger partial charge is 0.497 e. The number of hydrogen-bond donors (Lipinski definition) is 1. The minimum absolute atomic E-state index is 0.132. The van der Waals surface area contributed by atoms with Crippen molar-refractivity contribution in [2.75, 3.05) is 36.6 Å². The predicted molar refractivity (Wildman–Crippen MR) is 106 cm³/mol. The molecule has 0 unspecified atom stereocenters. The Labute approximate surface area is 164 Å². The minimum atomic E-state index is -3.59. The summed E-state index contributed by atoms with van der Waals surface area (Å²) >= 11 is 0. The highest BCUT2D eigenvalue weighted by Gasteiger charge is 2.35. The van der Waals surface area contributed by atoms with Crippen LogP contribution in [0, 0.1) is 6.92 Å². The van der Waals surface area contributed by atoms with Gasteiger partial charge in [-0.1, -0.05) is 6.07 Å². The van der Waals surface area contributed by atoms with Crippen LogP contribution in [0.5, 0.6) is 17.2 Å². The van der Waals surface area contributed by atoms with E-state index < -0.39 is 22.0 Å². The van der Waals surface area contributed by atoms with Gasteiger partial charge in [0.05, 0.1) is 38.4 Å². The number of fused-ring (bicyclic) bond motifs is 1. The van der Waals surface area contributed by atoms with Gasteiger partial charge in [0.1, 0.15) is 17.2 Å². The van der Waals surface area contributed by atoms with E-state index in [9.17, 15) is 13.2 Å². The van der Waals surface area contributed by atoms with Crippen LogP contribution in [0.4, 0.5) is 11.4 Å². The van der Waals surface area contributed by atoms with E-state index in [1.807, 2.05) is 6.92 Å². The van der Waals surface area contributed by atoms with E-state index in [0.717, 1.165) is 11.8 Å². The lowest BCUT2D eigenvalue weighted by Gasteiger charge is -2.34. The molecule has 1 amide bonds. The molecule has 1 aliphatic rings. The fraction of sp³-hybridized carbons (Fsp3) is 0.316. The molecule has 28 heavy (non-hydrogen) atoms. The second kappa shape index (κ2) is 7.59. The zero-order valence-corrected chi connectivity index (χ0v) is 16.9. The minimum Gasteiger partial charge on any atom is -0.497 e. The third-order valence-electron chi connectivity index (χ3n) is 4.34. The summed E-state index contributed by atoms with van der Waals surface area (Å²) in [5.74, 6) is 0.826. The van der Waals surface area contributed by atoms with Crippen molar-refractivity contribution in [2.45, 2.75) is 13.0 Å². The fourth-order valence-corrected chi connectivity index (χ4v) is 3.84. The lowest BCUT2D eigenvalue weighted by atomic mass is 10.1. The molecule has 1 atom stereocenters. The van der Waals surface area contributed by atoms with Gasteiger partial charge in [-0.05, 0) is 36.8 Å². The second-order valence-corrected chi connectivity index (χ2v) is 8.33. The van der Waals surface area contributed by atoms with E-state index in [0.29, 0.717) is 28.6 Å². The number of carbonyl (C=O) groups excluding carboxylic acids is 1. The Balaban J connectivity index is 1.90. The van der Waals surface area contributed by atoms with Crippen molar-refractivity contribution in [1.82, 2.24) is 0 Å². The monoisotopic (exact) mass is 406 g/mol. The summed E-state index contributed by atoms with van der Waals surface area (Å²) in [6.45, 7) is 1.72. The smallest absolute Gasteiger partial charge is 0.267 e. The van der Waals surface area contributed by atoms with Crippen LogP contribution in [0.1, 0.15) is 5.56 Å². The number of ether oxygens (including phenoxy) is 3. The molecular weight excluding hydrogens is 384 g/mol. The zero-order chi connectivity index (χ0) is 20.5. The molecule has 2 aromatic rings. The lowest BCUT2D eigenvalue weighted by Crippen LogP contribution is -2.48. The molecular formula is C19H22N2O6S. The summed E-state index contributed by atoms with van der Waals surface area (Å²) in [5.41, 5.74) is 1.71. The number of hydrogen-bond acceptors (Lipinski definition) is 6. The Morgan fingerprint density at radius 2 is 1.93 bits per heavy atom. The van der Waals surface area contributed by atoms with Crippen molar-refractivity contribution in [3.8, 4) is 17.2 Å². The van der Waals surface area contributed by atoms with Crippen LogP contribution in [0.25, 0.3) is 0 Å². The van der Waals surface area contributed by atoms with Crippen LogP contribution in [-0.4, -0.2) is 47.4 Å². The Hall–Kier alpha value is -2.94. The molecule has 0 aromatic heterocycles. The Morgan fingerprint density at radius 1 is 1.18 bits per heavy atom. The molecule has 3 rings (SSSR count). The number of nitrogens with zero attached hydrogens (tertiary/aromatic N) is 1. The molecule has 0 radical (unpaired) electrons. The van der Waals surface area contributed by atoms with Gasteiger partial charge in [0.25, 0.3) is 5.91 Å². The van der Waals surface area contributed by atoms with Crippen LogP contribution >= 0.6 is 0 Å². The van der Waals surface area contributed by atoms with Crippen molar-refractivity contribution < 1.29 is 27.4 Å². The maximum atomic E-state index is 12.8. The SMILES string of the molecule is COc1ccc(OC)c(NC(=O)[C@H]2CN(S(C)(=O)=O)c3cc(C)ccc3O2)c1. The molecule has 0 spiro atoms. The Morgan fingerprint density at radius 3 is 2.57 bits per heavy atom. The van der Waals surface area contributed by atoms with E-state index >= 15 is 0 Å². The summed E-state index contributed by atoms with van der Waals surface area (Å²) in [6, 6.07) is 10.2. The molecule has 9 heteroatoms. The first-order valence-corrected chi connectivity index (χ1v) is 10.4. The number of nitrogens with one attached hydrogen (secondary N) is 1. The highest BCUT2D eigenvalue weighted by molar-refractivity contribution is 7.92. The van der Waals surface area contributed by atoms with Gasteiger partial charge in [-0.2, -0.15) is 0 Å². The first-order chi connectivity index (χ1) is 13.2. The molecule has 0 saturated heterocycles. The van der Waals surface area contributed by atoms with Gasteiger partial charge in [0.2, 0.25) is 10.0 Å². The number of aryl methyl sites for hydroxylation is 1. The average Bonchev–Trinajstić information content (AvgIpc) is 2.66. The van der Waals surface area contributed by atoms with Crippen molar-refractivity contribution in [1.29, 1.82) is 0 Å². The molecule has 1 N–H and O–H groups in total. The molecule has 2 aromatic carbocycles. The number of carbonyl (C=O) groups is 1. The molecule has 0 fully saturated rings. The van der Waals surface area contributed by atoms with E-state index in [1.165, 1.54) is 18.5 Å². The van der Waals surface area contributed by atoms with Crippen molar-refractivity contribution in [3.63, 3.8) is 0 Å². The van der Waals surface area contributed by atoms with Crippen molar-refractivity contribution in [2.24, 2.45) is 0 Å². The van der Waals surface area contributed by atoms with Gasteiger partial charge in [-0.25, -0.2) is 8.42 Å². The van der Waals surface area contributed by atoms with Gasteiger partial charge in [0, 0.05) is 6.07 Å². The molecule has 0 bridgehead atoms. The maximum Gasteiger partial charge on any atom is 0.267 e. The first kappa shape index (κ1) is 19.8. The van der Waals surface area contributed by atoms with E-state index in [-0.39, 0.29) is 6.54 Å². The Kier molecular flexibility index (Phi) is 5.37. The number of amides is 1. The summed E-state index contributed by atoms with van der Waals surface area (Å²) in [7, 11) is -0.591. The average molecular weight is 406 g/mol. The highest BCUT2D eigenvalue weighted by atomic mass is 32.2. The van der Waals surface area contributed by atoms with Gasteiger partial charge < -0.3 is 19.5 Å². The van der Waals surface area contributed by atoms with Crippen LogP contribution in [0.3, 0.4) is 0 Å². The summed E-state index contributed by atoms with van der Waals surface area (Å²) in [4.78, 5) is 12.8. The summed E-state index contributed by atoms with van der Waals surface area (Å²) in [6.07, 6.45) is 0.0747. The summed E-state index contributed by atoms with van der Waals surface area (Å²) in [5, 5.41) is 2.73. The third kappa shape index (κ3) is 3.99. The number of rotatable bonds is 5. The number of anilines is 2. The van der Waals surface area contributed by atoms with Gasteiger partial charge in [-0.15, -0.1) is 0 Å². The van der Waals surface area contributed by atoms with Gasteiger partial charge >= 0.3 is 0 Å². The Bertz CT molecular complexity index is 1010. The van der Waals surface area contributed by atoms with Crippen LogP contribution in [0.2, 0.25) is 0 Å². The fourth-order valence-electron chi connectivity index (χ4n) is 2.94. The normalized spacial score (nSPS) is 16.0.